The number of hydrogen-bond donors (Lipinski definition) is 1. The average Bonchev–Trinajstić information content (AvgIpc) is 2.72. The third kappa shape index (κ3) is 3.06. The van der Waals surface area contributed by atoms with Crippen LogP contribution in [0, 0.1) is 0 Å². The number of anilines is 1. The van der Waals surface area contributed by atoms with Gasteiger partial charge in [-0.3, -0.25) is 4.90 Å². The highest BCUT2D eigenvalue weighted by atomic mass is 35.5. The van der Waals surface area contributed by atoms with Gasteiger partial charge in [-0.2, -0.15) is 0 Å². The molecule has 0 aliphatic carbocycles. The molecular formula is C13H18Cl2N2. The van der Waals surface area contributed by atoms with Crippen molar-refractivity contribution in [1.82, 2.24) is 4.90 Å². The molecule has 1 atom stereocenters. The molecule has 0 saturated carbocycles. The zero-order valence-electron chi connectivity index (χ0n) is 10.2. The van der Waals surface area contributed by atoms with E-state index < -0.39 is 0 Å². The third-order valence-corrected chi connectivity index (χ3v) is 3.89. The van der Waals surface area contributed by atoms with E-state index in [4.69, 9.17) is 23.2 Å². The number of nitrogens with zero attached hydrogens (tertiary/aromatic N) is 1. The van der Waals surface area contributed by atoms with Crippen molar-refractivity contribution in [3.8, 4) is 0 Å². The molecule has 0 bridgehead atoms. The first-order valence-corrected chi connectivity index (χ1v) is 6.78. The molecule has 2 rings (SSSR count). The van der Waals surface area contributed by atoms with E-state index in [9.17, 15) is 0 Å². The molecule has 1 heterocycles. The smallest absolute Gasteiger partial charge is 0.0721 e. The van der Waals surface area contributed by atoms with Crippen LogP contribution in [0.1, 0.15) is 20.3 Å². The standard InChI is InChI=1S/C13H18Cl2N2/c1-9(2)17-7-6-10(8-17)16-13-11(14)4-3-5-12(13)15/h3-5,9-10,16H,6-8H2,1-2H3. The van der Waals surface area contributed by atoms with Crippen molar-refractivity contribution < 1.29 is 0 Å². The van der Waals surface area contributed by atoms with Crippen LogP contribution in [0.3, 0.4) is 0 Å². The van der Waals surface area contributed by atoms with Crippen LogP contribution in [-0.4, -0.2) is 30.1 Å². The number of likely N-dealkylation sites (tertiary alicyclic amines) is 1. The van der Waals surface area contributed by atoms with Gasteiger partial charge in [0.05, 0.1) is 15.7 Å². The highest BCUT2D eigenvalue weighted by molar-refractivity contribution is 6.39. The van der Waals surface area contributed by atoms with Gasteiger partial charge in [0, 0.05) is 25.2 Å². The summed E-state index contributed by atoms with van der Waals surface area (Å²) < 4.78 is 0. The Morgan fingerprint density at radius 3 is 2.47 bits per heavy atom. The van der Waals surface area contributed by atoms with E-state index >= 15 is 0 Å². The molecule has 1 aromatic rings. The van der Waals surface area contributed by atoms with Crippen molar-refractivity contribution in [1.29, 1.82) is 0 Å². The normalized spacial score (nSPS) is 21.1. The van der Waals surface area contributed by atoms with Crippen molar-refractivity contribution in [2.75, 3.05) is 18.4 Å². The quantitative estimate of drug-likeness (QED) is 0.898. The van der Waals surface area contributed by atoms with Crippen molar-refractivity contribution >= 4 is 28.9 Å². The second-order valence-corrected chi connectivity index (χ2v) is 5.63. The van der Waals surface area contributed by atoms with Gasteiger partial charge in [0.1, 0.15) is 0 Å². The minimum absolute atomic E-state index is 0.440. The van der Waals surface area contributed by atoms with Crippen LogP contribution in [0.4, 0.5) is 5.69 Å². The van der Waals surface area contributed by atoms with Crippen molar-refractivity contribution in [3.05, 3.63) is 28.2 Å². The Balaban J connectivity index is 2.03. The summed E-state index contributed by atoms with van der Waals surface area (Å²) in [6.07, 6.45) is 1.14. The average molecular weight is 273 g/mol. The topological polar surface area (TPSA) is 15.3 Å². The molecule has 1 unspecified atom stereocenters. The first-order chi connectivity index (χ1) is 8.08. The molecular weight excluding hydrogens is 255 g/mol. The van der Waals surface area contributed by atoms with Crippen LogP contribution in [0.2, 0.25) is 10.0 Å². The molecule has 0 spiro atoms. The molecule has 0 amide bonds. The van der Waals surface area contributed by atoms with Gasteiger partial charge in [0.15, 0.2) is 0 Å². The van der Waals surface area contributed by atoms with E-state index in [0.717, 1.165) is 25.2 Å². The van der Waals surface area contributed by atoms with E-state index in [1.165, 1.54) is 0 Å². The lowest BCUT2D eigenvalue weighted by Gasteiger charge is -2.21. The second kappa shape index (κ2) is 5.47. The molecule has 1 aromatic carbocycles. The van der Waals surface area contributed by atoms with Crippen molar-refractivity contribution in [2.45, 2.75) is 32.4 Å². The van der Waals surface area contributed by atoms with Gasteiger partial charge in [-0.1, -0.05) is 29.3 Å². The van der Waals surface area contributed by atoms with Crippen LogP contribution in [0.25, 0.3) is 0 Å². The van der Waals surface area contributed by atoms with Crippen molar-refractivity contribution in [2.24, 2.45) is 0 Å². The Morgan fingerprint density at radius 2 is 1.94 bits per heavy atom. The molecule has 0 radical (unpaired) electrons. The first-order valence-electron chi connectivity index (χ1n) is 6.02. The molecule has 17 heavy (non-hydrogen) atoms. The minimum atomic E-state index is 0.440. The lowest BCUT2D eigenvalue weighted by atomic mass is 10.2. The minimum Gasteiger partial charge on any atom is -0.379 e. The summed E-state index contributed by atoms with van der Waals surface area (Å²) in [6, 6.07) is 6.64. The molecule has 2 nitrogen and oxygen atoms in total. The lowest BCUT2D eigenvalue weighted by molar-refractivity contribution is 0.274. The SMILES string of the molecule is CC(C)N1CCC(Nc2c(Cl)cccc2Cl)C1. The van der Waals surface area contributed by atoms with E-state index in [1.54, 1.807) is 0 Å². The summed E-state index contributed by atoms with van der Waals surface area (Å²) >= 11 is 12.3. The number of benzene rings is 1. The van der Waals surface area contributed by atoms with Crippen LogP contribution in [0.15, 0.2) is 18.2 Å². The zero-order chi connectivity index (χ0) is 12.4. The predicted molar refractivity (Wildman–Crippen MR) is 75.2 cm³/mol. The fraction of sp³-hybridized carbons (Fsp3) is 0.538. The van der Waals surface area contributed by atoms with Gasteiger partial charge in [0.25, 0.3) is 0 Å². The Hall–Kier alpha value is -0.440. The lowest BCUT2D eigenvalue weighted by Crippen LogP contribution is -2.31. The van der Waals surface area contributed by atoms with E-state index in [2.05, 4.69) is 24.1 Å². The number of rotatable bonds is 3. The van der Waals surface area contributed by atoms with Gasteiger partial charge in [-0.25, -0.2) is 0 Å². The van der Waals surface area contributed by atoms with Crippen molar-refractivity contribution in [3.63, 3.8) is 0 Å². The summed E-state index contributed by atoms with van der Waals surface area (Å²) in [4.78, 5) is 2.46. The number of halogens is 2. The van der Waals surface area contributed by atoms with Crippen LogP contribution < -0.4 is 5.32 Å². The van der Waals surface area contributed by atoms with Gasteiger partial charge in [0.2, 0.25) is 0 Å². The molecule has 94 valence electrons. The summed E-state index contributed by atoms with van der Waals surface area (Å²) in [5.74, 6) is 0. The molecule has 0 aromatic heterocycles. The number of hydrogen-bond acceptors (Lipinski definition) is 2. The summed E-state index contributed by atoms with van der Waals surface area (Å²) in [5.41, 5.74) is 0.867. The maximum atomic E-state index is 6.15. The van der Waals surface area contributed by atoms with Crippen LogP contribution in [-0.2, 0) is 0 Å². The highest BCUT2D eigenvalue weighted by Gasteiger charge is 2.24. The van der Waals surface area contributed by atoms with Gasteiger partial charge in [-0.05, 0) is 32.4 Å². The Morgan fingerprint density at radius 1 is 1.29 bits per heavy atom. The molecule has 1 N–H and O–H groups in total. The number of para-hydroxylation sites is 1. The summed E-state index contributed by atoms with van der Waals surface area (Å²) in [7, 11) is 0. The monoisotopic (exact) mass is 272 g/mol. The Kier molecular flexibility index (Phi) is 4.18. The zero-order valence-corrected chi connectivity index (χ0v) is 11.7. The highest BCUT2D eigenvalue weighted by Crippen LogP contribution is 2.31. The molecule has 4 heteroatoms. The van der Waals surface area contributed by atoms with Gasteiger partial charge >= 0.3 is 0 Å². The maximum absolute atomic E-state index is 6.15. The Labute approximate surface area is 113 Å². The number of nitrogens with one attached hydrogen (secondary N) is 1. The predicted octanol–water partition coefficient (Wildman–Crippen LogP) is 3.89. The fourth-order valence-corrected chi connectivity index (χ4v) is 2.72. The molecule has 1 saturated heterocycles. The van der Waals surface area contributed by atoms with E-state index in [1.807, 2.05) is 18.2 Å². The third-order valence-electron chi connectivity index (χ3n) is 3.26. The fourth-order valence-electron chi connectivity index (χ4n) is 2.21. The van der Waals surface area contributed by atoms with E-state index in [-0.39, 0.29) is 0 Å². The second-order valence-electron chi connectivity index (χ2n) is 4.82. The van der Waals surface area contributed by atoms with Crippen LogP contribution in [0.5, 0.6) is 0 Å². The first kappa shape index (κ1) is 13.0. The molecule has 1 aliphatic heterocycles. The van der Waals surface area contributed by atoms with Gasteiger partial charge in [-0.15, -0.1) is 0 Å². The van der Waals surface area contributed by atoms with Crippen LogP contribution >= 0.6 is 23.2 Å². The summed E-state index contributed by atoms with van der Waals surface area (Å²) in [5, 5.41) is 4.85. The molecule has 1 fully saturated rings. The maximum Gasteiger partial charge on any atom is 0.0721 e. The largest absolute Gasteiger partial charge is 0.379 e. The van der Waals surface area contributed by atoms with E-state index in [0.29, 0.717) is 22.1 Å². The molecule has 1 aliphatic rings. The van der Waals surface area contributed by atoms with Gasteiger partial charge < -0.3 is 5.32 Å². The summed E-state index contributed by atoms with van der Waals surface area (Å²) in [6.45, 7) is 6.65. The Bertz CT molecular complexity index is 373.